The van der Waals surface area contributed by atoms with Gasteiger partial charge >= 0.3 is 0 Å². The lowest BCUT2D eigenvalue weighted by Crippen LogP contribution is -2.43. The lowest BCUT2D eigenvalue weighted by atomic mass is 9.77. The number of pyridine rings is 1. The van der Waals surface area contributed by atoms with Crippen LogP contribution in [0.15, 0.2) is 43.1 Å². The van der Waals surface area contributed by atoms with Gasteiger partial charge in [-0.25, -0.2) is 4.98 Å². The van der Waals surface area contributed by atoms with Crippen molar-refractivity contribution in [2.24, 2.45) is 11.8 Å². The molecule has 2 aliphatic rings. The number of aliphatic hydroxyl groups is 1. The summed E-state index contributed by atoms with van der Waals surface area (Å²) < 4.78 is 0. The highest BCUT2D eigenvalue weighted by Crippen LogP contribution is 2.37. The van der Waals surface area contributed by atoms with Crippen LogP contribution in [0, 0.1) is 11.8 Å². The van der Waals surface area contributed by atoms with E-state index in [1.54, 1.807) is 24.8 Å². The van der Waals surface area contributed by atoms with Crippen molar-refractivity contribution in [2.45, 2.75) is 37.8 Å². The molecule has 0 unspecified atom stereocenters. The molecule has 3 heterocycles. The molecule has 7 heteroatoms. The van der Waals surface area contributed by atoms with Gasteiger partial charge in [0.2, 0.25) is 5.91 Å². The molecule has 1 aliphatic carbocycles. The molecule has 1 saturated heterocycles. The second-order valence-corrected chi connectivity index (χ2v) is 7.56. The Labute approximate surface area is 158 Å². The third-order valence-corrected chi connectivity index (χ3v) is 5.74. The topological polar surface area (TPSA) is 91.2 Å². The summed E-state index contributed by atoms with van der Waals surface area (Å²) in [6.07, 6.45) is 10.9. The fraction of sp³-hybridized carbons (Fsp3) is 0.500. The van der Waals surface area contributed by atoms with E-state index >= 15 is 0 Å². The maximum absolute atomic E-state index is 12.6. The average molecular weight is 367 g/mol. The summed E-state index contributed by atoms with van der Waals surface area (Å²) in [5.41, 5.74) is 1.09. The summed E-state index contributed by atoms with van der Waals surface area (Å²) in [6.45, 7) is 1.54. The van der Waals surface area contributed by atoms with E-state index in [1.165, 1.54) is 0 Å². The standard InChI is InChI=1S/C20H25N5O2/c26-18-9-16-13-25(20(27)4-3-14-2-1-5-21-10-14)12-15(16)8-17(18)24-19-11-22-6-7-23-19/h1-2,5-7,10-11,15-18,26H,3-4,8-9,12-13H2,(H,23,24)/t15-,16+,17-,18-/m1/s1. The van der Waals surface area contributed by atoms with Crippen molar-refractivity contribution >= 4 is 11.7 Å². The largest absolute Gasteiger partial charge is 0.391 e. The number of aromatic nitrogens is 3. The minimum Gasteiger partial charge on any atom is -0.391 e. The molecule has 2 aromatic heterocycles. The summed E-state index contributed by atoms with van der Waals surface area (Å²) in [6, 6.07) is 3.85. The molecule has 27 heavy (non-hydrogen) atoms. The predicted octanol–water partition coefficient (Wildman–Crippen LogP) is 1.51. The van der Waals surface area contributed by atoms with Crippen LogP contribution in [-0.4, -0.2) is 56.1 Å². The van der Waals surface area contributed by atoms with E-state index in [0.717, 1.165) is 37.9 Å². The summed E-state index contributed by atoms with van der Waals surface area (Å²) in [4.78, 5) is 27.0. The normalized spacial score (nSPS) is 27.2. The highest BCUT2D eigenvalue weighted by Gasteiger charge is 2.42. The molecule has 1 amide bonds. The van der Waals surface area contributed by atoms with Gasteiger partial charge in [-0.2, -0.15) is 0 Å². The lowest BCUT2D eigenvalue weighted by molar-refractivity contribution is -0.130. The number of hydrogen-bond donors (Lipinski definition) is 2. The zero-order chi connectivity index (χ0) is 18.6. The smallest absolute Gasteiger partial charge is 0.222 e. The molecular formula is C20H25N5O2. The van der Waals surface area contributed by atoms with Crippen LogP contribution in [0.25, 0.3) is 0 Å². The van der Waals surface area contributed by atoms with Crippen molar-refractivity contribution in [3.05, 3.63) is 48.7 Å². The SMILES string of the molecule is O=C(CCc1cccnc1)N1C[C@H]2C[C@@H](Nc3cnccn3)[C@H](O)C[C@H]2C1. The Morgan fingerprint density at radius 1 is 1.15 bits per heavy atom. The van der Waals surface area contributed by atoms with Crippen molar-refractivity contribution in [1.82, 2.24) is 19.9 Å². The monoisotopic (exact) mass is 367 g/mol. The maximum Gasteiger partial charge on any atom is 0.222 e. The molecule has 7 nitrogen and oxygen atoms in total. The van der Waals surface area contributed by atoms with Crippen molar-refractivity contribution in [3.63, 3.8) is 0 Å². The summed E-state index contributed by atoms with van der Waals surface area (Å²) in [5, 5.41) is 13.8. The molecule has 0 spiro atoms. The Kier molecular flexibility index (Phi) is 5.29. The number of nitrogens with one attached hydrogen (secondary N) is 1. The molecule has 4 rings (SSSR count). The van der Waals surface area contributed by atoms with Crippen LogP contribution < -0.4 is 5.32 Å². The van der Waals surface area contributed by atoms with Gasteiger partial charge in [-0.1, -0.05) is 6.07 Å². The van der Waals surface area contributed by atoms with Gasteiger partial charge in [0.05, 0.1) is 18.3 Å². The molecule has 0 aromatic carbocycles. The molecule has 4 atom stereocenters. The first-order valence-electron chi connectivity index (χ1n) is 9.56. The maximum atomic E-state index is 12.6. The summed E-state index contributed by atoms with van der Waals surface area (Å²) >= 11 is 0. The number of fused-ring (bicyclic) bond motifs is 1. The van der Waals surface area contributed by atoms with Gasteiger partial charge in [0.1, 0.15) is 5.82 Å². The van der Waals surface area contributed by atoms with Crippen molar-refractivity contribution in [2.75, 3.05) is 18.4 Å². The number of likely N-dealkylation sites (tertiary alicyclic amines) is 1. The highest BCUT2D eigenvalue weighted by atomic mass is 16.3. The highest BCUT2D eigenvalue weighted by molar-refractivity contribution is 5.76. The van der Waals surface area contributed by atoms with Crippen LogP contribution in [0.2, 0.25) is 0 Å². The Hall–Kier alpha value is -2.54. The van der Waals surface area contributed by atoms with Crippen LogP contribution in [-0.2, 0) is 11.2 Å². The number of carbonyl (C=O) groups excluding carboxylic acids is 1. The molecule has 0 radical (unpaired) electrons. The van der Waals surface area contributed by atoms with Crippen LogP contribution >= 0.6 is 0 Å². The van der Waals surface area contributed by atoms with E-state index in [1.807, 2.05) is 23.2 Å². The number of aryl methyl sites for hydroxylation is 1. The molecule has 2 fully saturated rings. The van der Waals surface area contributed by atoms with Crippen molar-refractivity contribution in [1.29, 1.82) is 0 Å². The second kappa shape index (κ2) is 8.00. The van der Waals surface area contributed by atoms with Gasteiger partial charge in [0.25, 0.3) is 0 Å². The van der Waals surface area contributed by atoms with Crippen LogP contribution in [0.3, 0.4) is 0 Å². The summed E-state index contributed by atoms with van der Waals surface area (Å²) in [5.74, 6) is 1.68. The van der Waals surface area contributed by atoms with E-state index in [9.17, 15) is 9.90 Å². The van der Waals surface area contributed by atoms with Gasteiger partial charge in [0, 0.05) is 44.3 Å². The fourth-order valence-corrected chi connectivity index (χ4v) is 4.31. The van der Waals surface area contributed by atoms with Gasteiger partial charge in [-0.05, 0) is 42.7 Å². The molecular weight excluding hydrogens is 342 g/mol. The van der Waals surface area contributed by atoms with Crippen LogP contribution in [0.5, 0.6) is 0 Å². The molecule has 1 aliphatic heterocycles. The minimum absolute atomic E-state index is 0.0478. The number of rotatable bonds is 5. The number of amides is 1. The molecule has 1 saturated carbocycles. The summed E-state index contributed by atoms with van der Waals surface area (Å²) in [7, 11) is 0. The first-order chi connectivity index (χ1) is 13.2. The van der Waals surface area contributed by atoms with Gasteiger partial charge in [-0.15, -0.1) is 0 Å². The zero-order valence-electron chi connectivity index (χ0n) is 15.2. The van der Waals surface area contributed by atoms with E-state index < -0.39 is 6.10 Å². The van der Waals surface area contributed by atoms with Crippen molar-refractivity contribution in [3.8, 4) is 0 Å². The van der Waals surface area contributed by atoms with Gasteiger partial charge in [-0.3, -0.25) is 14.8 Å². The molecule has 2 aromatic rings. The molecule has 142 valence electrons. The van der Waals surface area contributed by atoms with E-state index in [4.69, 9.17) is 0 Å². The molecule has 2 N–H and O–H groups in total. The van der Waals surface area contributed by atoms with Gasteiger partial charge in [0.15, 0.2) is 0 Å². The van der Waals surface area contributed by atoms with E-state index in [0.29, 0.717) is 24.1 Å². The first-order valence-corrected chi connectivity index (χ1v) is 9.56. The van der Waals surface area contributed by atoms with E-state index in [2.05, 4.69) is 20.3 Å². The molecule has 0 bridgehead atoms. The third kappa shape index (κ3) is 4.24. The Morgan fingerprint density at radius 3 is 2.70 bits per heavy atom. The number of nitrogens with zero attached hydrogens (tertiary/aromatic N) is 4. The Balaban J connectivity index is 1.32. The number of hydrogen-bond acceptors (Lipinski definition) is 6. The zero-order valence-corrected chi connectivity index (χ0v) is 15.2. The fourth-order valence-electron chi connectivity index (χ4n) is 4.31. The lowest BCUT2D eigenvalue weighted by Gasteiger charge is -2.35. The van der Waals surface area contributed by atoms with Crippen molar-refractivity contribution < 1.29 is 9.90 Å². The number of anilines is 1. The van der Waals surface area contributed by atoms with E-state index in [-0.39, 0.29) is 11.9 Å². The quantitative estimate of drug-likeness (QED) is 0.832. The predicted molar refractivity (Wildman–Crippen MR) is 101 cm³/mol. The van der Waals surface area contributed by atoms with Crippen LogP contribution in [0.4, 0.5) is 5.82 Å². The third-order valence-electron chi connectivity index (χ3n) is 5.74. The minimum atomic E-state index is -0.432. The average Bonchev–Trinajstić information content (AvgIpc) is 3.11. The van der Waals surface area contributed by atoms with Gasteiger partial charge < -0.3 is 15.3 Å². The Morgan fingerprint density at radius 2 is 1.96 bits per heavy atom. The Bertz CT molecular complexity index is 757. The van der Waals surface area contributed by atoms with Crippen LogP contribution in [0.1, 0.15) is 24.8 Å². The first kappa shape index (κ1) is 17.9. The number of aliphatic hydroxyl groups excluding tert-OH is 1. The number of carbonyl (C=O) groups is 1. The second-order valence-electron chi connectivity index (χ2n) is 7.56.